The van der Waals surface area contributed by atoms with Crippen LogP contribution in [0.25, 0.3) is 0 Å². The molecule has 0 bridgehead atoms. The highest BCUT2D eigenvalue weighted by Crippen LogP contribution is 2.12. The second-order valence-corrected chi connectivity index (χ2v) is 4.29. The van der Waals surface area contributed by atoms with E-state index in [4.69, 9.17) is 0 Å². The van der Waals surface area contributed by atoms with Crippen molar-refractivity contribution in [2.24, 2.45) is 0 Å². The van der Waals surface area contributed by atoms with E-state index in [1.807, 2.05) is 44.2 Å². The van der Waals surface area contributed by atoms with E-state index in [1.165, 1.54) is 0 Å². The molecule has 1 amide bonds. The summed E-state index contributed by atoms with van der Waals surface area (Å²) < 4.78 is 0. The van der Waals surface area contributed by atoms with E-state index in [1.54, 1.807) is 12.3 Å². The summed E-state index contributed by atoms with van der Waals surface area (Å²) in [5, 5.41) is 5.93. The van der Waals surface area contributed by atoms with Crippen molar-refractivity contribution >= 4 is 17.4 Å². The molecule has 0 atom stereocenters. The molecule has 0 saturated heterocycles. The number of hydrogen-bond acceptors (Lipinski definition) is 3. The van der Waals surface area contributed by atoms with Crippen molar-refractivity contribution in [3.63, 3.8) is 0 Å². The standard InChI is InChI=1S/C15H17N3O/c1-3-16-14-8-7-13(10-17-14)18-15(19)12-6-4-5-11(2)9-12/h4-10H,3H2,1-2H3,(H,16,17)(H,18,19). The minimum Gasteiger partial charge on any atom is -0.370 e. The van der Waals surface area contributed by atoms with Gasteiger partial charge in [0, 0.05) is 12.1 Å². The quantitative estimate of drug-likeness (QED) is 0.882. The highest BCUT2D eigenvalue weighted by molar-refractivity contribution is 6.04. The Labute approximate surface area is 112 Å². The molecule has 0 aliphatic carbocycles. The van der Waals surface area contributed by atoms with Crippen LogP contribution in [-0.2, 0) is 0 Å². The average Bonchev–Trinajstić information content (AvgIpc) is 2.41. The summed E-state index contributed by atoms with van der Waals surface area (Å²) in [4.78, 5) is 16.2. The van der Waals surface area contributed by atoms with E-state index in [-0.39, 0.29) is 5.91 Å². The molecule has 0 spiro atoms. The molecule has 1 aromatic heterocycles. The maximum Gasteiger partial charge on any atom is 0.255 e. The summed E-state index contributed by atoms with van der Waals surface area (Å²) in [6.45, 7) is 4.79. The largest absolute Gasteiger partial charge is 0.370 e. The zero-order chi connectivity index (χ0) is 13.7. The number of benzene rings is 1. The van der Waals surface area contributed by atoms with Crippen molar-refractivity contribution in [3.05, 3.63) is 53.7 Å². The number of nitrogens with one attached hydrogen (secondary N) is 2. The maximum absolute atomic E-state index is 12.0. The Morgan fingerprint density at radius 3 is 2.74 bits per heavy atom. The Morgan fingerprint density at radius 1 is 1.26 bits per heavy atom. The van der Waals surface area contributed by atoms with Gasteiger partial charge in [-0.25, -0.2) is 4.98 Å². The van der Waals surface area contributed by atoms with Gasteiger partial charge in [0.2, 0.25) is 0 Å². The van der Waals surface area contributed by atoms with E-state index in [2.05, 4.69) is 15.6 Å². The molecule has 0 unspecified atom stereocenters. The van der Waals surface area contributed by atoms with Gasteiger partial charge in [-0.05, 0) is 38.1 Å². The van der Waals surface area contributed by atoms with Crippen LogP contribution in [0.3, 0.4) is 0 Å². The first-order valence-electron chi connectivity index (χ1n) is 6.27. The topological polar surface area (TPSA) is 54.0 Å². The summed E-state index contributed by atoms with van der Waals surface area (Å²) in [6.07, 6.45) is 1.64. The molecular formula is C15H17N3O. The van der Waals surface area contributed by atoms with Gasteiger partial charge in [-0.3, -0.25) is 4.79 Å². The third-order valence-electron chi connectivity index (χ3n) is 2.66. The van der Waals surface area contributed by atoms with Crippen LogP contribution in [0.2, 0.25) is 0 Å². The molecule has 1 heterocycles. The van der Waals surface area contributed by atoms with Crippen molar-refractivity contribution < 1.29 is 4.79 Å². The third kappa shape index (κ3) is 3.55. The number of hydrogen-bond donors (Lipinski definition) is 2. The van der Waals surface area contributed by atoms with E-state index < -0.39 is 0 Å². The minimum absolute atomic E-state index is 0.123. The molecule has 19 heavy (non-hydrogen) atoms. The lowest BCUT2D eigenvalue weighted by atomic mass is 10.1. The third-order valence-corrected chi connectivity index (χ3v) is 2.66. The number of amides is 1. The Kier molecular flexibility index (Phi) is 4.13. The molecule has 98 valence electrons. The average molecular weight is 255 g/mol. The first-order valence-corrected chi connectivity index (χ1v) is 6.27. The number of rotatable bonds is 4. The number of carbonyl (C=O) groups excluding carboxylic acids is 1. The summed E-state index contributed by atoms with van der Waals surface area (Å²) in [5.41, 5.74) is 2.40. The van der Waals surface area contributed by atoms with Crippen LogP contribution < -0.4 is 10.6 Å². The van der Waals surface area contributed by atoms with E-state index in [9.17, 15) is 4.79 Å². The molecule has 0 radical (unpaired) electrons. The summed E-state index contributed by atoms with van der Waals surface area (Å²) >= 11 is 0. The van der Waals surface area contributed by atoms with Gasteiger partial charge in [0.25, 0.3) is 5.91 Å². The first kappa shape index (κ1) is 13.1. The summed E-state index contributed by atoms with van der Waals surface area (Å²) in [6, 6.07) is 11.2. The molecule has 2 N–H and O–H groups in total. The van der Waals surface area contributed by atoms with Gasteiger partial charge in [-0.15, -0.1) is 0 Å². The van der Waals surface area contributed by atoms with Crippen LogP contribution in [0.1, 0.15) is 22.8 Å². The molecule has 1 aromatic carbocycles. The summed E-state index contributed by atoms with van der Waals surface area (Å²) in [7, 11) is 0. The van der Waals surface area contributed by atoms with Crippen LogP contribution in [-0.4, -0.2) is 17.4 Å². The lowest BCUT2D eigenvalue weighted by molar-refractivity contribution is 0.102. The Bertz CT molecular complexity index is 564. The maximum atomic E-state index is 12.0. The van der Waals surface area contributed by atoms with E-state index >= 15 is 0 Å². The Morgan fingerprint density at radius 2 is 2.11 bits per heavy atom. The Hall–Kier alpha value is -2.36. The van der Waals surface area contributed by atoms with Crippen LogP contribution >= 0.6 is 0 Å². The second-order valence-electron chi connectivity index (χ2n) is 4.29. The van der Waals surface area contributed by atoms with E-state index in [0.717, 1.165) is 17.9 Å². The molecule has 0 aliphatic heterocycles. The van der Waals surface area contributed by atoms with Gasteiger partial charge >= 0.3 is 0 Å². The van der Waals surface area contributed by atoms with E-state index in [0.29, 0.717) is 11.3 Å². The van der Waals surface area contributed by atoms with Gasteiger partial charge in [0.15, 0.2) is 0 Å². The molecule has 2 rings (SSSR count). The monoisotopic (exact) mass is 255 g/mol. The number of nitrogens with zero attached hydrogens (tertiary/aromatic N) is 1. The fourth-order valence-electron chi connectivity index (χ4n) is 1.74. The van der Waals surface area contributed by atoms with Crippen LogP contribution in [0.4, 0.5) is 11.5 Å². The van der Waals surface area contributed by atoms with Gasteiger partial charge in [-0.1, -0.05) is 17.7 Å². The van der Waals surface area contributed by atoms with Gasteiger partial charge < -0.3 is 10.6 Å². The number of carbonyl (C=O) groups is 1. The summed E-state index contributed by atoms with van der Waals surface area (Å²) in [5.74, 6) is 0.678. The molecule has 0 aliphatic rings. The van der Waals surface area contributed by atoms with Crippen molar-refractivity contribution in [2.75, 3.05) is 17.2 Å². The fourth-order valence-corrected chi connectivity index (χ4v) is 1.74. The molecular weight excluding hydrogens is 238 g/mol. The molecule has 4 nitrogen and oxygen atoms in total. The SMILES string of the molecule is CCNc1ccc(NC(=O)c2cccc(C)c2)cn1. The van der Waals surface area contributed by atoms with Gasteiger partial charge in [0.1, 0.15) is 5.82 Å². The number of aryl methyl sites for hydroxylation is 1. The molecule has 0 saturated carbocycles. The predicted molar refractivity (Wildman–Crippen MR) is 77.5 cm³/mol. The smallest absolute Gasteiger partial charge is 0.255 e. The Balaban J connectivity index is 2.06. The highest BCUT2D eigenvalue weighted by Gasteiger charge is 2.06. The normalized spacial score (nSPS) is 10.0. The molecule has 0 fully saturated rings. The molecule has 2 aromatic rings. The van der Waals surface area contributed by atoms with Crippen molar-refractivity contribution in [1.29, 1.82) is 0 Å². The minimum atomic E-state index is -0.123. The number of anilines is 2. The number of aromatic nitrogens is 1. The fraction of sp³-hybridized carbons (Fsp3) is 0.200. The predicted octanol–water partition coefficient (Wildman–Crippen LogP) is 3.07. The van der Waals surface area contributed by atoms with Gasteiger partial charge in [-0.2, -0.15) is 0 Å². The second kappa shape index (κ2) is 6.00. The lowest BCUT2D eigenvalue weighted by Crippen LogP contribution is -2.12. The number of pyridine rings is 1. The first-order chi connectivity index (χ1) is 9.19. The van der Waals surface area contributed by atoms with Crippen molar-refractivity contribution in [1.82, 2.24) is 4.98 Å². The van der Waals surface area contributed by atoms with Crippen LogP contribution in [0.5, 0.6) is 0 Å². The zero-order valence-electron chi connectivity index (χ0n) is 11.1. The van der Waals surface area contributed by atoms with Gasteiger partial charge in [0.05, 0.1) is 11.9 Å². The highest BCUT2D eigenvalue weighted by atomic mass is 16.1. The van der Waals surface area contributed by atoms with Crippen molar-refractivity contribution in [2.45, 2.75) is 13.8 Å². The molecule has 4 heteroatoms. The van der Waals surface area contributed by atoms with Crippen LogP contribution in [0, 0.1) is 6.92 Å². The van der Waals surface area contributed by atoms with Crippen molar-refractivity contribution in [3.8, 4) is 0 Å². The lowest BCUT2D eigenvalue weighted by Gasteiger charge is -2.07. The zero-order valence-corrected chi connectivity index (χ0v) is 11.1. The van der Waals surface area contributed by atoms with Crippen LogP contribution in [0.15, 0.2) is 42.6 Å².